The number of halogens is 1. The van der Waals surface area contributed by atoms with Crippen LogP contribution in [0.1, 0.15) is 18.9 Å². The van der Waals surface area contributed by atoms with Crippen molar-refractivity contribution >= 4 is 17.5 Å². The van der Waals surface area contributed by atoms with Crippen LogP contribution in [0.15, 0.2) is 36.5 Å². The molecule has 100 valence electrons. The standard InChI is InChI=1S/C14H16ClN3O/c1-2-7-16-14-17-8-6-13(18-14)19-10-11-4-3-5-12(15)9-11/h3-6,8-9H,2,7,10H2,1H3,(H,16,17,18). The van der Waals surface area contributed by atoms with Crippen LogP contribution in [0.4, 0.5) is 5.95 Å². The third kappa shape index (κ3) is 4.41. The van der Waals surface area contributed by atoms with Crippen molar-refractivity contribution in [3.05, 3.63) is 47.1 Å². The van der Waals surface area contributed by atoms with Crippen molar-refractivity contribution in [1.29, 1.82) is 0 Å². The zero-order chi connectivity index (χ0) is 13.5. The smallest absolute Gasteiger partial charge is 0.225 e. The molecule has 0 saturated carbocycles. The molecular formula is C14H16ClN3O. The topological polar surface area (TPSA) is 47.0 Å². The van der Waals surface area contributed by atoms with Gasteiger partial charge in [0.1, 0.15) is 6.61 Å². The van der Waals surface area contributed by atoms with Crippen molar-refractivity contribution in [2.75, 3.05) is 11.9 Å². The Morgan fingerprint density at radius 1 is 1.32 bits per heavy atom. The normalized spacial score (nSPS) is 10.2. The summed E-state index contributed by atoms with van der Waals surface area (Å²) in [4.78, 5) is 8.39. The minimum atomic E-state index is 0.435. The molecule has 2 aromatic rings. The quantitative estimate of drug-likeness (QED) is 0.877. The predicted molar refractivity (Wildman–Crippen MR) is 76.6 cm³/mol. The minimum Gasteiger partial charge on any atom is -0.473 e. The average Bonchev–Trinajstić information content (AvgIpc) is 2.43. The molecule has 0 fully saturated rings. The van der Waals surface area contributed by atoms with Crippen LogP contribution in [0.2, 0.25) is 5.02 Å². The van der Waals surface area contributed by atoms with Gasteiger partial charge in [0, 0.05) is 23.8 Å². The number of aromatic nitrogens is 2. The molecule has 0 aliphatic rings. The summed E-state index contributed by atoms with van der Waals surface area (Å²) >= 11 is 5.92. The second kappa shape index (κ2) is 6.95. The lowest BCUT2D eigenvalue weighted by atomic mass is 10.2. The number of hydrogen-bond donors (Lipinski definition) is 1. The van der Waals surface area contributed by atoms with Crippen molar-refractivity contribution in [1.82, 2.24) is 9.97 Å². The van der Waals surface area contributed by atoms with Gasteiger partial charge in [-0.2, -0.15) is 4.98 Å². The zero-order valence-corrected chi connectivity index (χ0v) is 11.5. The first-order valence-corrected chi connectivity index (χ1v) is 6.60. The molecule has 1 N–H and O–H groups in total. The summed E-state index contributed by atoms with van der Waals surface area (Å²) in [6.07, 6.45) is 2.70. The van der Waals surface area contributed by atoms with Gasteiger partial charge < -0.3 is 10.1 Å². The monoisotopic (exact) mass is 277 g/mol. The summed E-state index contributed by atoms with van der Waals surface area (Å²) in [5.74, 6) is 1.14. The second-order valence-corrected chi connectivity index (χ2v) is 4.50. The predicted octanol–water partition coefficient (Wildman–Crippen LogP) is 3.53. The first kappa shape index (κ1) is 13.6. The average molecular weight is 278 g/mol. The van der Waals surface area contributed by atoms with Gasteiger partial charge in [-0.3, -0.25) is 0 Å². The number of nitrogens with one attached hydrogen (secondary N) is 1. The lowest BCUT2D eigenvalue weighted by molar-refractivity contribution is 0.294. The molecule has 0 amide bonds. The number of nitrogens with zero attached hydrogens (tertiary/aromatic N) is 2. The maximum atomic E-state index is 5.92. The molecule has 5 heteroatoms. The SMILES string of the molecule is CCCNc1nccc(OCc2cccc(Cl)c2)n1. The van der Waals surface area contributed by atoms with Gasteiger partial charge in [-0.1, -0.05) is 30.7 Å². The lowest BCUT2D eigenvalue weighted by Gasteiger charge is -2.07. The van der Waals surface area contributed by atoms with Crippen LogP contribution in [-0.2, 0) is 6.61 Å². The Labute approximate surface area is 117 Å². The fourth-order valence-electron chi connectivity index (χ4n) is 1.53. The van der Waals surface area contributed by atoms with Gasteiger partial charge in [0.25, 0.3) is 0 Å². The molecule has 0 unspecified atom stereocenters. The van der Waals surface area contributed by atoms with E-state index in [1.165, 1.54) is 0 Å². The maximum Gasteiger partial charge on any atom is 0.225 e. The lowest BCUT2D eigenvalue weighted by Crippen LogP contribution is -2.05. The highest BCUT2D eigenvalue weighted by Gasteiger charge is 2.00. The Morgan fingerprint density at radius 3 is 3.00 bits per heavy atom. The molecule has 1 aromatic carbocycles. The molecule has 0 spiro atoms. The highest BCUT2D eigenvalue weighted by atomic mass is 35.5. The Morgan fingerprint density at radius 2 is 2.21 bits per heavy atom. The maximum absolute atomic E-state index is 5.92. The first-order chi connectivity index (χ1) is 9.28. The fraction of sp³-hybridized carbons (Fsp3) is 0.286. The van der Waals surface area contributed by atoms with Crippen LogP contribution < -0.4 is 10.1 Å². The van der Waals surface area contributed by atoms with Gasteiger partial charge in [0.05, 0.1) is 0 Å². The molecule has 19 heavy (non-hydrogen) atoms. The highest BCUT2D eigenvalue weighted by molar-refractivity contribution is 6.30. The van der Waals surface area contributed by atoms with Gasteiger partial charge in [-0.05, 0) is 24.1 Å². The largest absolute Gasteiger partial charge is 0.473 e. The van der Waals surface area contributed by atoms with Gasteiger partial charge in [-0.15, -0.1) is 0 Å². The minimum absolute atomic E-state index is 0.435. The Hall–Kier alpha value is -1.81. The molecule has 1 heterocycles. The van der Waals surface area contributed by atoms with Crippen LogP contribution >= 0.6 is 11.6 Å². The summed E-state index contributed by atoms with van der Waals surface area (Å²) < 4.78 is 5.62. The van der Waals surface area contributed by atoms with Crippen LogP contribution in [0.3, 0.4) is 0 Å². The number of rotatable bonds is 6. The Bertz CT molecular complexity index is 534. The summed E-state index contributed by atoms with van der Waals surface area (Å²) in [6.45, 7) is 3.37. The number of benzene rings is 1. The molecule has 0 aliphatic heterocycles. The highest BCUT2D eigenvalue weighted by Crippen LogP contribution is 2.14. The number of ether oxygens (including phenoxy) is 1. The van der Waals surface area contributed by atoms with Gasteiger partial charge in [0.2, 0.25) is 11.8 Å². The van der Waals surface area contributed by atoms with Crippen molar-refractivity contribution in [3.63, 3.8) is 0 Å². The third-order valence-electron chi connectivity index (χ3n) is 2.44. The van der Waals surface area contributed by atoms with Crippen LogP contribution in [0.5, 0.6) is 5.88 Å². The molecule has 1 aromatic heterocycles. The number of hydrogen-bond acceptors (Lipinski definition) is 4. The molecule has 2 rings (SSSR count). The van der Waals surface area contributed by atoms with E-state index >= 15 is 0 Å². The van der Waals surface area contributed by atoms with E-state index < -0.39 is 0 Å². The molecule has 0 radical (unpaired) electrons. The fourth-order valence-corrected chi connectivity index (χ4v) is 1.74. The van der Waals surface area contributed by atoms with E-state index in [1.54, 1.807) is 12.3 Å². The van der Waals surface area contributed by atoms with E-state index in [0.717, 1.165) is 18.5 Å². The van der Waals surface area contributed by atoms with Crippen molar-refractivity contribution < 1.29 is 4.74 Å². The first-order valence-electron chi connectivity index (χ1n) is 6.22. The van der Waals surface area contributed by atoms with E-state index in [0.29, 0.717) is 23.5 Å². The molecule has 0 atom stereocenters. The molecular weight excluding hydrogens is 262 g/mol. The van der Waals surface area contributed by atoms with E-state index in [1.807, 2.05) is 24.3 Å². The van der Waals surface area contributed by atoms with Crippen molar-refractivity contribution in [3.8, 4) is 5.88 Å². The molecule has 0 saturated heterocycles. The Balaban J connectivity index is 1.95. The zero-order valence-electron chi connectivity index (χ0n) is 10.8. The summed E-state index contributed by atoms with van der Waals surface area (Å²) in [5.41, 5.74) is 1.01. The number of anilines is 1. The summed E-state index contributed by atoms with van der Waals surface area (Å²) in [7, 11) is 0. The van der Waals surface area contributed by atoms with Crippen molar-refractivity contribution in [2.45, 2.75) is 20.0 Å². The summed E-state index contributed by atoms with van der Waals surface area (Å²) in [5, 5.41) is 3.82. The molecule has 4 nitrogen and oxygen atoms in total. The van der Waals surface area contributed by atoms with Crippen LogP contribution in [-0.4, -0.2) is 16.5 Å². The van der Waals surface area contributed by atoms with Gasteiger partial charge >= 0.3 is 0 Å². The van der Waals surface area contributed by atoms with E-state index in [-0.39, 0.29) is 0 Å². The van der Waals surface area contributed by atoms with Crippen LogP contribution in [0.25, 0.3) is 0 Å². The van der Waals surface area contributed by atoms with E-state index in [4.69, 9.17) is 16.3 Å². The third-order valence-corrected chi connectivity index (χ3v) is 2.67. The molecule has 0 aliphatic carbocycles. The van der Waals surface area contributed by atoms with E-state index in [9.17, 15) is 0 Å². The Kier molecular flexibility index (Phi) is 4.98. The second-order valence-electron chi connectivity index (χ2n) is 4.06. The van der Waals surface area contributed by atoms with Crippen LogP contribution in [0, 0.1) is 0 Å². The summed E-state index contributed by atoms with van der Waals surface area (Å²) in [6, 6.07) is 9.31. The molecule has 0 bridgehead atoms. The van der Waals surface area contributed by atoms with Crippen molar-refractivity contribution in [2.24, 2.45) is 0 Å². The van der Waals surface area contributed by atoms with E-state index in [2.05, 4.69) is 22.2 Å². The van der Waals surface area contributed by atoms with Gasteiger partial charge in [0.15, 0.2) is 0 Å². The van der Waals surface area contributed by atoms with Gasteiger partial charge in [-0.25, -0.2) is 4.98 Å².